The highest BCUT2D eigenvalue weighted by atomic mass is 127. The van der Waals surface area contributed by atoms with Gasteiger partial charge in [0.25, 0.3) is 0 Å². The van der Waals surface area contributed by atoms with Gasteiger partial charge in [-0.15, -0.1) is 0 Å². The zero-order valence-corrected chi connectivity index (χ0v) is 10.1. The van der Waals surface area contributed by atoms with Crippen LogP contribution in [-0.2, 0) is 9.47 Å². The van der Waals surface area contributed by atoms with Crippen LogP contribution in [0.25, 0.3) is 0 Å². The lowest BCUT2D eigenvalue weighted by atomic mass is 10.7. The Hall–Kier alpha value is -0.520. The number of carbonyl (C=O) groups is 1. The Balaban J connectivity index is 0. The number of amides is 1. The van der Waals surface area contributed by atoms with Crippen molar-refractivity contribution in [2.24, 2.45) is 5.73 Å². The third-order valence-corrected chi connectivity index (χ3v) is 1.14. The molecule has 0 rings (SSSR count). The monoisotopic (exact) mass is 315 g/mol. The van der Waals surface area contributed by atoms with E-state index in [1.54, 1.807) is 6.92 Å². The van der Waals surface area contributed by atoms with Gasteiger partial charge in [-0.05, 0) is 10.9 Å². The minimum Gasteiger partial charge on any atom is -0.450 e. The summed E-state index contributed by atoms with van der Waals surface area (Å²) in [4.78, 5) is 9.60. The molecule has 0 atom stereocenters. The summed E-state index contributed by atoms with van der Waals surface area (Å²) in [6.07, 6.45) is -0.711. The number of nitrogens with two attached hydrogens (primary N) is 1. The van der Waals surface area contributed by atoms with Gasteiger partial charge in [0, 0.05) is 22.6 Å². The first-order valence-electron chi connectivity index (χ1n) is 3.88. The van der Waals surface area contributed by atoms with Gasteiger partial charge in [0.15, 0.2) is 0 Å². The number of aliphatic hydroxyl groups excluding tert-OH is 1. The molecule has 1 amide bonds. The van der Waals surface area contributed by atoms with Crippen LogP contribution in [0.1, 0.15) is 6.92 Å². The van der Waals surface area contributed by atoms with E-state index in [4.69, 9.17) is 9.84 Å². The van der Waals surface area contributed by atoms with Crippen LogP contribution in [0.2, 0.25) is 0 Å². The van der Waals surface area contributed by atoms with E-state index in [1.165, 1.54) is 0 Å². The number of ether oxygens (including phenoxy) is 2. The van der Waals surface area contributed by atoms with Crippen LogP contribution in [0.15, 0.2) is 0 Å². The second-order valence-electron chi connectivity index (χ2n) is 1.80. The Morgan fingerprint density at radius 1 is 1.64 bits per heavy atom. The van der Waals surface area contributed by atoms with E-state index in [9.17, 15) is 4.79 Å². The van der Waals surface area contributed by atoms with Crippen LogP contribution in [-0.4, -0.2) is 37.6 Å². The first-order chi connectivity index (χ1) is 6.68. The van der Waals surface area contributed by atoms with Gasteiger partial charge in [-0.3, -0.25) is 0 Å². The summed E-state index contributed by atoms with van der Waals surface area (Å²) >= 11 is 1.94. The summed E-state index contributed by atoms with van der Waals surface area (Å²) in [5.74, 6) is 2.69. The van der Waals surface area contributed by atoms with Gasteiger partial charge in [-0.25, -0.2) is 4.79 Å². The highest BCUT2D eigenvalue weighted by Crippen LogP contribution is 1.73. The maximum atomic E-state index is 9.60. The van der Waals surface area contributed by atoms with Crippen molar-refractivity contribution < 1.29 is 19.4 Å². The SMILES string of the molecule is CCOC(N)=O.OCCOCC#CI. The lowest BCUT2D eigenvalue weighted by Crippen LogP contribution is -2.11. The average molecular weight is 315 g/mol. The van der Waals surface area contributed by atoms with Gasteiger partial charge in [-0.1, -0.05) is 5.92 Å². The fraction of sp³-hybridized carbons (Fsp3) is 0.625. The van der Waals surface area contributed by atoms with Crippen LogP contribution in [0.5, 0.6) is 0 Å². The van der Waals surface area contributed by atoms with Gasteiger partial charge in [-0.2, -0.15) is 0 Å². The molecule has 0 bridgehead atoms. The van der Waals surface area contributed by atoms with E-state index in [0.717, 1.165) is 0 Å². The lowest BCUT2D eigenvalue weighted by Gasteiger charge is -1.91. The van der Waals surface area contributed by atoms with Crippen LogP contribution in [0.3, 0.4) is 0 Å². The minimum absolute atomic E-state index is 0.0723. The zero-order chi connectivity index (χ0) is 11.2. The number of aliphatic hydroxyl groups is 1. The van der Waals surface area contributed by atoms with Crippen molar-refractivity contribution in [2.75, 3.05) is 26.4 Å². The molecule has 0 radical (unpaired) electrons. The Labute approximate surface area is 97.1 Å². The molecule has 3 N–H and O–H groups in total. The number of carbonyl (C=O) groups excluding carboxylic acids is 1. The fourth-order valence-electron chi connectivity index (χ4n) is 0.357. The van der Waals surface area contributed by atoms with Crippen LogP contribution < -0.4 is 5.73 Å². The van der Waals surface area contributed by atoms with Crippen LogP contribution >= 0.6 is 22.6 Å². The first-order valence-corrected chi connectivity index (χ1v) is 4.96. The fourth-order valence-corrected chi connectivity index (χ4v) is 0.513. The Kier molecular flexibility index (Phi) is 17.0. The molecule has 0 aliphatic heterocycles. The number of primary amides is 1. The second-order valence-corrected chi connectivity index (χ2v) is 2.34. The summed E-state index contributed by atoms with van der Waals surface area (Å²) in [5, 5.41) is 8.19. The van der Waals surface area contributed by atoms with Crippen molar-refractivity contribution in [3.05, 3.63) is 0 Å². The Bertz CT molecular complexity index is 188. The van der Waals surface area contributed by atoms with Gasteiger partial charge < -0.3 is 20.3 Å². The molecule has 0 spiro atoms. The lowest BCUT2D eigenvalue weighted by molar-refractivity contribution is 0.115. The molecular weight excluding hydrogens is 301 g/mol. The largest absolute Gasteiger partial charge is 0.450 e. The summed E-state index contributed by atoms with van der Waals surface area (Å²) < 4.78 is 11.6. The molecule has 0 unspecified atom stereocenters. The highest BCUT2D eigenvalue weighted by Gasteiger charge is 1.82. The number of hydrogen-bond acceptors (Lipinski definition) is 4. The molecule has 0 aliphatic rings. The van der Waals surface area contributed by atoms with Crippen molar-refractivity contribution in [3.8, 4) is 9.85 Å². The highest BCUT2D eigenvalue weighted by molar-refractivity contribution is 14.1. The van der Waals surface area contributed by atoms with Gasteiger partial charge in [0.05, 0.1) is 19.8 Å². The van der Waals surface area contributed by atoms with Crippen molar-refractivity contribution in [3.63, 3.8) is 0 Å². The number of halogens is 1. The molecule has 14 heavy (non-hydrogen) atoms. The molecule has 0 fully saturated rings. The third-order valence-electron chi connectivity index (χ3n) is 0.763. The Morgan fingerprint density at radius 3 is 2.57 bits per heavy atom. The molecule has 0 aromatic rings. The molecular formula is C8H14INO4. The predicted molar refractivity (Wildman–Crippen MR) is 60.9 cm³/mol. The maximum Gasteiger partial charge on any atom is 0.404 e. The van der Waals surface area contributed by atoms with Crippen molar-refractivity contribution in [1.82, 2.24) is 0 Å². The first kappa shape index (κ1) is 15.9. The molecule has 5 nitrogen and oxygen atoms in total. The topological polar surface area (TPSA) is 81.8 Å². The van der Waals surface area contributed by atoms with Crippen molar-refractivity contribution in [2.45, 2.75) is 6.92 Å². The summed E-state index contributed by atoms with van der Waals surface area (Å²) in [6.45, 7) is 2.93. The normalized spacial score (nSPS) is 7.64. The van der Waals surface area contributed by atoms with E-state index in [1.807, 2.05) is 22.6 Å². The van der Waals surface area contributed by atoms with E-state index >= 15 is 0 Å². The minimum atomic E-state index is -0.711. The van der Waals surface area contributed by atoms with Crippen molar-refractivity contribution >= 4 is 28.7 Å². The molecule has 0 saturated carbocycles. The van der Waals surface area contributed by atoms with Crippen LogP contribution in [0.4, 0.5) is 4.79 Å². The maximum absolute atomic E-state index is 9.60. The van der Waals surface area contributed by atoms with Gasteiger partial charge in [0.1, 0.15) is 6.61 Å². The Morgan fingerprint density at radius 2 is 2.29 bits per heavy atom. The molecule has 0 aromatic carbocycles. The van der Waals surface area contributed by atoms with Gasteiger partial charge >= 0.3 is 6.09 Å². The van der Waals surface area contributed by atoms with E-state index in [-0.39, 0.29) is 6.61 Å². The summed E-state index contributed by atoms with van der Waals surface area (Å²) in [6, 6.07) is 0. The quantitative estimate of drug-likeness (QED) is 0.449. The predicted octanol–water partition coefficient (Wildman–Crippen LogP) is 0.493. The smallest absolute Gasteiger partial charge is 0.404 e. The number of hydrogen-bond donors (Lipinski definition) is 2. The number of rotatable bonds is 4. The molecule has 0 aliphatic carbocycles. The van der Waals surface area contributed by atoms with E-state index in [2.05, 4.69) is 20.3 Å². The molecule has 82 valence electrons. The molecule has 6 heteroatoms. The molecule has 0 heterocycles. The zero-order valence-electron chi connectivity index (χ0n) is 7.96. The molecule has 0 aromatic heterocycles. The van der Waals surface area contributed by atoms with Gasteiger partial charge in [0.2, 0.25) is 0 Å². The summed E-state index contributed by atoms with van der Waals surface area (Å²) in [5.41, 5.74) is 4.54. The third kappa shape index (κ3) is 22.5. The van der Waals surface area contributed by atoms with E-state index in [0.29, 0.717) is 19.8 Å². The summed E-state index contributed by atoms with van der Waals surface area (Å²) in [7, 11) is 0. The second kappa shape index (κ2) is 15.0. The standard InChI is InChI=1S/C5H7IO2.C3H7NO2/c6-2-1-4-8-5-3-7;1-2-6-3(4)5/h7H,3-5H2;2H2,1H3,(H2,4,5). The van der Waals surface area contributed by atoms with E-state index < -0.39 is 6.09 Å². The molecule has 0 saturated heterocycles. The van der Waals surface area contributed by atoms with Crippen molar-refractivity contribution in [1.29, 1.82) is 0 Å². The average Bonchev–Trinajstić information content (AvgIpc) is 2.13. The van der Waals surface area contributed by atoms with Crippen LogP contribution in [0, 0.1) is 9.85 Å².